The molecule has 0 saturated heterocycles. The quantitative estimate of drug-likeness (QED) is 0.348. The molecule has 38 valence electrons. The van der Waals surface area contributed by atoms with E-state index < -0.39 is 5.97 Å². The Balaban J connectivity index is 3.23. The molecule has 7 heavy (non-hydrogen) atoms. The number of carbonyl (C=O) groups excluding carboxylic acids is 1. The van der Waals surface area contributed by atoms with Gasteiger partial charge in [-0.15, -0.1) is 0 Å². The molecule has 0 unspecified atom stereocenters. The van der Waals surface area contributed by atoms with Crippen molar-refractivity contribution in [2.45, 2.75) is 6.42 Å². The maximum absolute atomic E-state index is 9.97. The highest BCUT2D eigenvalue weighted by Gasteiger charge is 1.93. The van der Waals surface area contributed by atoms with Gasteiger partial charge in [0.15, 0.2) is 0 Å². The summed E-state index contributed by atoms with van der Waals surface area (Å²) in [6.07, 6.45) is -0.156. The number of nitrogens with zero attached hydrogens (tertiary/aromatic N) is 1. The number of methoxy groups -OCH3 is 1. The van der Waals surface area contributed by atoms with Crippen molar-refractivity contribution in [3.63, 3.8) is 0 Å². The molecule has 0 aromatic heterocycles. The number of ether oxygens (including phenoxy) is 1. The lowest BCUT2D eigenvalue weighted by atomic mass is 11.4. The van der Waals surface area contributed by atoms with Crippen molar-refractivity contribution in [2.24, 2.45) is 0 Å². The lowest BCUT2D eigenvalue weighted by Crippen LogP contribution is -1.96. The largest absolute Gasteiger partial charge is 0.468 e. The number of hydrogen-bond acceptors (Lipinski definition) is 3. The second kappa shape index (κ2) is 3.16. The summed E-state index contributed by atoms with van der Waals surface area (Å²) in [5.41, 5.74) is 0. The van der Waals surface area contributed by atoms with Crippen LogP contribution in [0.5, 0.6) is 0 Å². The van der Waals surface area contributed by atoms with Gasteiger partial charge in [-0.1, -0.05) is 0 Å². The molecule has 0 bridgehead atoms. The Labute approximate surface area is 41.5 Å². The van der Waals surface area contributed by atoms with Crippen molar-refractivity contribution in [1.29, 1.82) is 5.26 Å². The van der Waals surface area contributed by atoms with Crippen LogP contribution in [0.25, 0.3) is 0 Å². The van der Waals surface area contributed by atoms with Crippen molar-refractivity contribution in [3.05, 3.63) is 0 Å². The van der Waals surface area contributed by atoms with Gasteiger partial charge >= 0.3 is 5.97 Å². The predicted molar refractivity (Wildman–Crippen MR) is 22.2 cm³/mol. The lowest BCUT2D eigenvalue weighted by Gasteiger charge is -1.85. The first-order valence-electron chi connectivity index (χ1n) is 1.75. The maximum atomic E-state index is 9.97. The van der Waals surface area contributed by atoms with Gasteiger partial charge in [0.25, 0.3) is 0 Å². The standard InChI is InChI=1S/C4H5NO2/c1-7-4(6)2-3-5/h2H2,1H3/i2+1,3+1,4+1. The molecular weight excluding hydrogens is 97.0 g/mol. The molecule has 0 fully saturated rings. The summed E-state index contributed by atoms with van der Waals surface area (Å²) < 4.78 is 4.13. The van der Waals surface area contributed by atoms with E-state index >= 15 is 0 Å². The van der Waals surface area contributed by atoms with Crippen molar-refractivity contribution in [2.75, 3.05) is 7.11 Å². The highest BCUT2D eigenvalue weighted by molar-refractivity contribution is 5.71. The second-order valence-corrected chi connectivity index (χ2v) is 0.911. The van der Waals surface area contributed by atoms with E-state index in [0.717, 1.165) is 0 Å². The zero-order chi connectivity index (χ0) is 5.70. The van der Waals surface area contributed by atoms with Crippen molar-refractivity contribution >= 4 is 5.97 Å². The summed E-state index contributed by atoms with van der Waals surface area (Å²) in [5.74, 6) is -0.484. The number of esters is 1. The topological polar surface area (TPSA) is 50.1 Å². The molecule has 3 heteroatoms. The third-order valence-electron chi connectivity index (χ3n) is 0.451. The van der Waals surface area contributed by atoms with Crippen molar-refractivity contribution < 1.29 is 9.53 Å². The van der Waals surface area contributed by atoms with Crippen LogP contribution in [0.1, 0.15) is 6.42 Å². The van der Waals surface area contributed by atoms with E-state index in [-0.39, 0.29) is 6.42 Å². The molecule has 0 saturated carbocycles. The fourth-order valence-electron chi connectivity index (χ4n) is 0.137. The molecule has 0 N–H and O–H groups in total. The maximum Gasteiger partial charge on any atom is 0.319 e. The molecule has 0 atom stereocenters. The molecule has 0 amide bonds. The summed E-state index contributed by atoms with van der Waals surface area (Å²) in [6, 6.07) is 1.64. The third kappa shape index (κ3) is 2.77. The van der Waals surface area contributed by atoms with Gasteiger partial charge in [-0.3, -0.25) is 4.79 Å². The zero-order valence-electron chi connectivity index (χ0n) is 3.97. The fourth-order valence-corrected chi connectivity index (χ4v) is 0.137. The summed E-state index contributed by atoms with van der Waals surface area (Å²) >= 11 is 0. The van der Waals surface area contributed by atoms with Gasteiger partial charge in [-0.05, 0) is 0 Å². The minimum Gasteiger partial charge on any atom is -0.468 e. The van der Waals surface area contributed by atoms with Crippen LogP contribution in [-0.2, 0) is 9.53 Å². The van der Waals surface area contributed by atoms with Crippen LogP contribution in [0, 0.1) is 11.3 Å². The van der Waals surface area contributed by atoms with Crippen molar-refractivity contribution in [1.82, 2.24) is 0 Å². The summed E-state index contributed by atoms with van der Waals surface area (Å²) in [7, 11) is 1.25. The van der Waals surface area contributed by atoms with Crippen LogP contribution in [0.2, 0.25) is 0 Å². The van der Waals surface area contributed by atoms with Gasteiger partial charge < -0.3 is 4.74 Å². The first kappa shape index (κ1) is 5.96. The van der Waals surface area contributed by atoms with E-state index in [4.69, 9.17) is 5.26 Å². The molecule has 0 heterocycles. The Morgan fingerprint density at radius 1 is 2.00 bits per heavy atom. The van der Waals surface area contributed by atoms with E-state index in [1.54, 1.807) is 6.07 Å². The lowest BCUT2D eigenvalue weighted by molar-refractivity contribution is -0.139. The van der Waals surface area contributed by atoms with Gasteiger partial charge in [-0.25, -0.2) is 0 Å². The van der Waals surface area contributed by atoms with Gasteiger partial charge in [0.05, 0.1) is 13.2 Å². The second-order valence-electron chi connectivity index (χ2n) is 0.911. The van der Waals surface area contributed by atoms with Gasteiger partial charge in [0, 0.05) is 0 Å². The Bertz CT molecular complexity index is 103. The monoisotopic (exact) mass is 102 g/mol. The fraction of sp³-hybridized carbons (Fsp3) is 0.500. The summed E-state index contributed by atoms with van der Waals surface area (Å²) in [5, 5.41) is 7.82. The van der Waals surface area contributed by atoms with Crippen LogP contribution in [0.3, 0.4) is 0 Å². The number of nitriles is 1. The minimum atomic E-state index is -0.484. The molecule has 0 aromatic carbocycles. The van der Waals surface area contributed by atoms with Crippen LogP contribution in [-0.4, -0.2) is 13.1 Å². The summed E-state index contributed by atoms with van der Waals surface area (Å²) in [6.45, 7) is 0. The molecule has 0 radical (unpaired) electrons. The first-order chi connectivity index (χ1) is 3.31. The third-order valence-corrected chi connectivity index (χ3v) is 0.451. The number of rotatable bonds is 1. The van der Waals surface area contributed by atoms with Gasteiger partial charge in [0.2, 0.25) is 0 Å². The van der Waals surface area contributed by atoms with Crippen LogP contribution in [0.4, 0.5) is 0 Å². The smallest absolute Gasteiger partial charge is 0.319 e. The number of hydrogen-bond donors (Lipinski definition) is 0. The normalized spacial score (nSPS) is 6.86. The molecule has 3 nitrogen and oxygen atoms in total. The average molecular weight is 102 g/mol. The predicted octanol–water partition coefficient (Wildman–Crippen LogP) is 0.0731. The highest BCUT2D eigenvalue weighted by atomic mass is 16.6. The summed E-state index contributed by atoms with van der Waals surface area (Å²) in [4.78, 5) is 9.97. The minimum absolute atomic E-state index is 0.156. The highest BCUT2D eigenvalue weighted by Crippen LogP contribution is 1.76. The van der Waals surface area contributed by atoms with E-state index in [1.807, 2.05) is 0 Å². The Morgan fingerprint density at radius 3 is 2.71 bits per heavy atom. The molecule has 0 aliphatic rings. The Morgan fingerprint density at radius 2 is 2.57 bits per heavy atom. The van der Waals surface area contributed by atoms with E-state index in [0.29, 0.717) is 0 Å². The zero-order valence-corrected chi connectivity index (χ0v) is 3.97. The van der Waals surface area contributed by atoms with Crippen molar-refractivity contribution in [3.8, 4) is 6.07 Å². The molecule has 0 aliphatic heterocycles. The van der Waals surface area contributed by atoms with Crippen LogP contribution >= 0.6 is 0 Å². The van der Waals surface area contributed by atoms with Gasteiger partial charge in [-0.2, -0.15) is 5.26 Å². The molecule has 0 aromatic rings. The van der Waals surface area contributed by atoms with Gasteiger partial charge in [0.1, 0.15) is 6.42 Å². The molecule has 0 spiro atoms. The van der Waals surface area contributed by atoms with Crippen LogP contribution in [0.15, 0.2) is 0 Å². The molecular formula is C4H5NO2. The van der Waals surface area contributed by atoms with E-state index in [1.165, 1.54) is 7.11 Å². The van der Waals surface area contributed by atoms with Crippen LogP contribution < -0.4 is 0 Å². The molecule has 0 aliphatic carbocycles. The first-order valence-corrected chi connectivity index (χ1v) is 1.75. The SMILES string of the molecule is CO[13C](=O)[13CH2][13C]#N. The average Bonchev–Trinajstić information content (AvgIpc) is 1.68. The van der Waals surface area contributed by atoms with E-state index in [2.05, 4.69) is 4.74 Å². The number of carbonyl (C=O) groups is 1. The van der Waals surface area contributed by atoms with E-state index in [9.17, 15) is 4.79 Å². The Hall–Kier alpha value is -1.04. The molecule has 0 rings (SSSR count). The Kier molecular flexibility index (Phi) is 2.69.